The van der Waals surface area contributed by atoms with Crippen molar-refractivity contribution in [2.45, 2.75) is 58.5 Å². The standard InChI is InChI=1S/C21H36N4O.HI/c1-4-26-20-13-6-5-12-19(20)17-24-21(22-3)23-14-8-10-16-25-15-9-7-11-18(25)2;/h5-6,12-13,18H,4,7-11,14-17H2,1-3H3,(H2,22,23,24);1H. The summed E-state index contributed by atoms with van der Waals surface area (Å²) < 4.78 is 5.68. The second-order valence-corrected chi connectivity index (χ2v) is 6.98. The van der Waals surface area contributed by atoms with Gasteiger partial charge in [0.2, 0.25) is 0 Å². The molecule has 154 valence electrons. The van der Waals surface area contributed by atoms with Gasteiger partial charge in [0.15, 0.2) is 5.96 Å². The summed E-state index contributed by atoms with van der Waals surface area (Å²) in [6.07, 6.45) is 6.52. The average molecular weight is 488 g/mol. The Balaban J connectivity index is 0.00000364. The van der Waals surface area contributed by atoms with E-state index in [4.69, 9.17) is 4.74 Å². The predicted octanol–water partition coefficient (Wildman–Crippen LogP) is 4.02. The van der Waals surface area contributed by atoms with Gasteiger partial charge in [-0.2, -0.15) is 0 Å². The van der Waals surface area contributed by atoms with Crippen LogP contribution in [0.15, 0.2) is 29.3 Å². The number of guanidine groups is 1. The number of hydrogen-bond acceptors (Lipinski definition) is 3. The molecule has 1 aliphatic rings. The van der Waals surface area contributed by atoms with Crippen LogP contribution in [0, 0.1) is 0 Å². The van der Waals surface area contributed by atoms with E-state index in [0.717, 1.165) is 29.9 Å². The highest BCUT2D eigenvalue weighted by Crippen LogP contribution is 2.18. The molecule has 1 saturated heterocycles. The van der Waals surface area contributed by atoms with E-state index in [-0.39, 0.29) is 24.0 Å². The highest BCUT2D eigenvalue weighted by molar-refractivity contribution is 14.0. The maximum Gasteiger partial charge on any atom is 0.191 e. The zero-order chi connectivity index (χ0) is 18.6. The average Bonchev–Trinajstić information content (AvgIpc) is 2.66. The van der Waals surface area contributed by atoms with Crippen molar-refractivity contribution in [3.05, 3.63) is 29.8 Å². The molecular formula is C21H37IN4O. The maximum absolute atomic E-state index is 5.68. The first-order valence-corrected chi connectivity index (χ1v) is 10.1. The van der Waals surface area contributed by atoms with Crippen LogP contribution in [-0.2, 0) is 6.54 Å². The van der Waals surface area contributed by atoms with Gasteiger partial charge in [-0.3, -0.25) is 4.99 Å². The highest BCUT2D eigenvalue weighted by atomic mass is 127. The molecule has 6 heteroatoms. The van der Waals surface area contributed by atoms with Crippen LogP contribution in [0.5, 0.6) is 5.75 Å². The summed E-state index contributed by atoms with van der Waals surface area (Å²) in [5, 5.41) is 6.80. The lowest BCUT2D eigenvalue weighted by molar-refractivity contribution is 0.158. The molecule has 2 rings (SSSR count). The SMILES string of the molecule is CCOc1ccccc1CNC(=NC)NCCCCN1CCCCC1C.I. The first-order valence-electron chi connectivity index (χ1n) is 10.1. The first-order chi connectivity index (χ1) is 12.7. The molecule has 0 aromatic heterocycles. The second kappa shape index (κ2) is 14.0. The van der Waals surface area contributed by atoms with Crippen molar-refractivity contribution >= 4 is 29.9 Å². The van der Waals surface area contributed by atoms with Crippen LogP contribution in [0.1, 0.15) is 51.5 Å². The van der Waals surface area contributed by atoms with Crippen molar-refractivity contribution in [3.8, 4) is 5.75 Å². The number of likely N-dealkylation sites (tertiary alicyclic amines) is 1. The fourth-order valence-electron chi connectivity index (χ4n) is 3.48. The van der Waals surface area contributed by atoms with Crippen LogP contribution < -0.4 is 15.4 Å². The van der Waals surface area contributed by atoms with Gasteiger partial charge in [0.1, 0.15) is 5.75 Å². The van der Waals surface area contributed by atoms with Gasteiger partial charge in [-0.25, -0.2) is 0 Å². The Bertz CT molecular complexity index is 553. The third-order valence-corrected chi connectivity index (χ3v) is 5.05. The van der Waals surface area contributed by atoms with E-state index < -0.39 is 0 Å². The van der Waals surface area contributed by atoms with Crippen LogP contribution in [-0.4, -0.2) is 50.2 Å². The van der Waals surface area contributed by atoms with E-state index in [1.54, 1.807) is 0 Å². The van der Waals surface area contributed by atoms with Gasteiger partial charge in [-0.05, 0) is 58.7 Å². The number of ether oxygens (including phenoxy) is 1. The molecule has 1 heterocycles. The molecule has 0 saturated carbocycles. The van der Waals surface area contributed by atoms with E-state index in [1.165, 1.54) is 45.2 Å². The smallest absolute Gasteiger partial charge is 0.191 e. The van der Waals surface area contributed by atoms with Crippen LogP contribution in [0.3, 0.4) is 0 Å². The molecule has 0 amide bonds. The third kappa shape index (κ3) is 8.68. The lowest BCUT2D eigenvalue weighted by atomic mass is 10.0. The summed E-state index contributed by atoms with van der Waals surface area (Å²) in [7, 11) is 1.82. The number of aliphatic imine (C=N–C) groups is 1. The topological polar surface area (TPSA) is 48.9 Å². The van der Waals surface area contributed by atoms with Crippen LogP contribution in [0.25, 0.3) is 0 Å². The number of hydrogen-bond donors (Lipinski definition) is 2. The highest BCUT2D eigenvalue weighted by Gasteiger charge is 2.16. The van der Waals surface area contributed by atoms with E-state index >= 15 is 0 Å². The number of unbranched alkanes of at least 4 members (excludes halogenated alkanes) is 1. The molecule has 0 aliphatic carbocycles. The van der Waals surface area contributed by atoms with Crippen molar-refractivity contribution in [2.24, 2.45) is 4.99 Å². The Morgan fingerprint density at radius 1 is 1.22 bits per heavy atom. The van der Waals surface area contributed by atoms with Gasteiger partial charge in [0.25, 0.3) is 0 Å². The number of para-hydroxylation sites is 1. The number of nitrogens with zero attached hydrogens (tertiary/aromatic N) is 2. The zero-order valence-corrected chi connectivity index (χ0v) is 19.5. The summed E-state index contributed by atoms with van der Waals surface area (Å²) >= 11 is 0. The van der Waals surface area contributed by atoms with Gasteiger partial charge in [-0.1, -0.05) is 24.6 Å². The van der Waals surface area contributed by atoms with Gasteiger partial charge in [-0.15, -0.1) is 24.0 Å². The van der Waals surface area contributed by atoms with Crippen LogP contribution in [0.4, 0.5) is 0 Å². The largest absolute Gasteiger partial charge is 0.494 e. The molecular weight excluding hydrogens is 451 g/mol. The van der Waals surface area contributed by atoms with Gasteiger partial charge >= 0.3 is 0 Å². The maximum atomic E-state index is 5.68. The molecule has 5 nitrogen and oxygen atoms in total. The Morgan fingerprint density at radius 3 is 2.78 bits per heavy atom. The van der Waals surface area contributed by atoms with Crippen molar-refractivity contribution < 1.29 is 4.74 Å². The molecule has 1 aromatic rings. The number of benzene rings is 1. The van der Waals surface area contributed by atoms with Crippen molar-refractivity contribution in [3.63, 3.8) is 0 Å². The number of rotatable bonds is 9. The van der Waals surface area contributed by atoms with Crippen molar-refractivity contribution in [2.75, 3.05) is 33.3 Å². The summed E-state index contributed by atoms with van der Waals surface area (Å²) in [4.78, 5) is 6.96. The molecule has 27 heavy (non-hydrogen) atoms. The van der Waals surface area contributed by atoms with Crippen molar-refractivity contribution in [1.29, 1.82) is 0 Å². The zero-order valence-electron chi connectivity index (χ0n) is 17.2. The predicted molar refractivity (Wildman–Crippen MR) is 125 cm³/mol. The van der Waals surface area contributed by atoms with Crippen LogP contribution in [0.2, 0.25) is 0 Å². The van der Waals surface area contributed by atoms with Crippen molar-refractivity contribution in [1.82, 2.24) is 15.5 Å². The lowest BCUT2D eigenvalue weighted by Crippen LogP contribution is -2.39. The van der Waals surface area contributed by atoms with E-state index in [0.29, 0.717) is 13.2 Å². The van der Waals surface area contributed by atoms with Gasteiger partial charge in [0, 0.05) is 31.7 Å². The van der Waals surface area contributed by atoms with Gasteiger partial charge in [0.05, 0.1) is 6.61 Å². The Morgan fingerprint density at radius 2 is 2.04 bits per heavy atom. The minimum Gasteiger partial charge on any atom is -0.494 e. The number of piperidine rings is 1. The quantitative estimate of drug-likeness (QED) is 0.239. The second-order valence-electron chi connectivity index (χ2n) is 6.98. The third-order valence-electron chi connectivity index (χ3n) is 5.05. The molecule has 1 atom stereocenters. The summed E-state index contributed by atoms with van der Waals surface area (Å²) in [6.45, 7) is 9.21. The number of nitrogens with one attached hydrogen (secondary N) is 2. The monoisotopic (exact) mass is 488 g/mol. The fourth-order valence-corrected chi connectivity index (χ4v) is 3.48. The molecule has 0 radical (unpaired) electrons. The minimum absolute atomic E-state index is 0. The summed E-state index contributed by atoms with van der Waals surface area (Å²) in [5.74, 6) is 1.79. The number of halogens is 1. The summed E-state index contributed by atoms with van der Waals surface area (Å²) in [6, 6.07) is 8.90. The van der Waals surface area contributed by atoms with Gasteiger partial charge < -0.3 is 20.3 Å². The normalized spacial score (nSPS) is 17.9. The van der Waals surface area contributed by atoms with E-state index in [2.05, 4.69) is 33.5 Å². The molecule has 1 aliphatic heterocycles. The first kappa shape index (κ1) is 24.0. The molecule has 1 fully saturated rings. The van der Waals surface area contributed by atoms with E-state index in [9.17, 15) is 0 Å². The summed E-state index contributed by atoms with van der Waals surface area (Å²) in [5.41, 5.74) is 1.15. The van der Waals surface area contributed by atoms with E-state index in [1.807, 2.05) is 32.2 Å². The Kier molecular flexibility index (Phi) is 12.5. The minimum atomic E-state index is 0. The Hall–Kier alpha value is -1.02. The fraction of sp³-hybridized carbons (Fsp3) is 0.667. The molecule has 0 spiro atoms. The molecule has 1 unspecified atom stereocenters. The molecule has 1 aromatic carbocycles. The van der Waals surface area contributed by atoms with Crippen LogP contribution >= 0.6 is 24.0 Å². The lowest BCUT2D eigenvalue weighted by Gasteiger charge is -2.33. The molecule has 0 bridgehead atoms. The molecule has 2 N–H and O–H groups in total. The Labute approximate surface area is 182 Å².